The molecule has 92 valence electrons. The van der Waals surface area contributed by atoms with Crippen LogP contribution in [0.1, 0.15) is 26.2 Å². The minimum absolute atomic E-state index is 0.0163. The van der Waals surface area contributed by atoms with Gasteiger partial charge in [-0.1, -0.05) is 6.92 Å². The minimum atomic E-state index is -1.03. The summed E-state index contributed by atoms with van der Waals surface area (Å²) in [7, 11) is 0. The van der Waals surface area contributed by atoms with E-state index in [9.17, 15) is 9.59 Å². The molecule has 0 rings (SSSR count). The average molecular weight is 230 g/mol. The van der Waals surface area contributed by atoms with Crippen molar-refractivity contribution < 1.29 is 14.7 Å². The Kier molecular flexibility index (Phi) is 6.66. The third-order valence-corrected chi connectivity index (χ3v) is 1.90. The molecule has 0 aromatic heterocycles. The van der Waals surface area contributed by atoms with Crippen LogP contribution in [0.3, 0.4) is 0 Å². The molecular weight excluding hydrogens is 212 g/mol. The van der Waals surface area contributed by atoms with E-state index in [1.807, 2.05) is 0 Å². The van der Waals surface area contributed by atoms with Crippen molar-refractivity contribution >= 4 is 17.8 Å². The largest absolute Gasteiger partial charge is 0.480 e. The van der Waals surface area contributed by atoms with Gasteiger partial charge < -0.3 is 21.9 Å². The van der Waals surface area contributed by atoms with Gasteiger partial charge in [-0.05, 0) is 12.8 Å². The van der Waals surface area contributed by atoms with Gasteiger partial charge in [0.05, 0.1) is 0 Å². The van der Waals surface area contributed by atoms with Crippen molar-refractivity contribution in [2.75, 3.05) is 6.54 Å². The summed E-state index contributed by atoms with van der Waals surface area (Å²) in [4.78, 5) is 25.6. The van der Waals surface area contributed by atoms with Gasteiger partial charge in [0, 0.05) is 13.0 Å². The van der Waals surface area contributed by atoms with E-state index in [1.165, 1.54) is 0 Å². The number of nitrogens with one attached hydrogen (secondary N) is 1. The van der Waals surface area contributed by atoms with Crippen molar-refractivity contribution in [3.63, 3.8) is 0 Å². The second-order valence-electron chi connectivity index (χ2n) is 3.28. The highest BCUT2D eigenvalue weighted by atomic mass is 16.4. The van der Waals surface area contributed by atoms with Gasteiger partial charge in [-0.15, -0.1) is 0 Å². The number of carbonyl (C=O) groups excluding carboxylic acids is 1. The molecule has 0 fully saturated rings. The topological polar surface area (TPSA) is 131 Å². The van der Waals surface area contributed by atoms with E-state index in [0.717, 1.165) is 0 Å². The summed E-state index contributed by atoms with van der Waals surface area (Å²) in [6, 6.07) is -0.824. The number of nitrogens with two attached hydrogens (primary N) is 2. The van der Waals surface area contributed by atoms with E-state index < -0.39 is 12.0 Å². The van der Waals surface area contributed by atoms with Crippen LogP contribution in [0.2, 0.25) is 0 Å². The summed E-state index contributed by atoms with van der Waals surface area (Å²) in [5.74, 6) is -1.35. The van der Waals surface area contributed by atoms with Crippen LogP contribution >= 0.6 is 0 Å². The minimum Gasteiger partial charge on any atom is -0.480 e. The van der Waals surface area contributed by atoms with Crippen molar-refractivity contribution in [1.29, 1.82) is 0 Å². The molecule has 0 aromatic rings. The molecular formula is C9H18N4O3. The number of carboxylic acid groups (broad SMARTS) is 1. The number of carbonyl (C=O) groups is 2. The summed E-state index contributed by atoms with van der Waals surface area (Å²) in [6.45, 7) is 2.05. The van der Waals surface area contributed by atoms with E-state index in [1.54, 1.807) is 6.92 Å². The number of amides is 1. The van der Waals surface area contributed by atoms with Crippen LogP contribution in [-0.4, -0.2) is 35.5 Å². The van der Waals surface area contributed by atoms with Gasteiger partial charge in [0.25, 0.3) is 0 Å². The zero-order valence-corrected chi connectivity index (χ0v) is 9.27. The molecule has 1 amide bonds. The molecule has 1 atom stereocenters. The van der Waals surface area contributed by atoms with Gasteiger partial charge in [-0.3, -0.25) is 9.79 Å². The lowest BCUT2D eigenvalue weighted by Crippen LogP contribution is -2.40. The maximum Gasteiger partial charge on any atom is 0.326 e. The number of aliphatic carboxylic acids is 1. The van der Waals surface area contributed by atoms with Crippen LogP contribution in [0.4, 0.5) is 0 Å². The highest BCUT2D eigenvalue weighted by Gasteiger charge is 2.16. The first-order chi connectivity index (χ1) is 7.47. The molecule has 7 heteroatoms. The van der Waals surface area contributed by atoms with Crippen molar-refractivity contribution in [3.8, 4) is 0 Å². The number of nitrogens with zero attached hydrogens (tertiary/aromatic N) is 1. The molecule has 0 saturated carbocycles. The smallest absolute Gasteiger partial charge is 0.326 e. The van der Waals surface area contributed by atoms with Crippen molar-refractivity contribution in [2.45, 2.75) is 32.2 Å². The Morgan fingerprint density at radius 3 is 2.50 bits per heavy atom. The van der Waals surface area contributed by atoms with Crippen molar-refractivity contribution in [3.05, 3.63) is 0 Å². The number of aliphatic imine (C=N–C) groups is 1. The fourth-order valence-corrected chi connectivity index (χ4v) is 1.05. The summed E-state index contributed by atoms with van der Waals surface area (Å²) in [5, 5.41) is 11.1. The van der Waals surface area contributed by atoms with Gasteiger partial charge in [-0.25, -0.2) is 4.79 Å². The Labute approximate surface area is 93.9 Å². The van der Waals surface area contributed by atoms with E-state index in [-0.39, 0.29) is 18.3 Å². The molecule has 16 heavy (non-hydrogen) atoms. The third kappa shape index (κ3) is 6.63. The van der Waals surface area contributed by atoms with Gasteiger partial charge in [-0.2, -0.15) is 0 Å². The Morgan fingerprint density at radius 2 is 2.06 bits per heavy atom. The first-order valence-electron chi connectivity index (χ1n) is 5.05. The Morgan fingerprint density at radius 1 is 1.44 bits per heavy atom. The van der Waals surface area contributed by atoms with E-state index in [4.69, 9.17) is 16.6 Å². The number of guanidine groups is 1. The molecule has 0 aromatic carbocycles. The fourth-order valence-electron chi connectivity index (χ4n) is 1.05. The third-order valence-electron chi connectivity index (χ3n) is 1.90. The SMILES string of the molecule is CCC(NC(=O)CCCN=C(N)N)C(=O)O. The number of carboxylic acids is 1. The monoisotopic (exact) mass is 230 g/mol. The molecule has 7 nitrogen and oxygen atoms in total. The van der Waals surface area contributed by atoms with Gasteiger partial charge in [0.1, 0.15) is 6.04 Å². The molecule has 0 saturated heterocycles. The predicted octanol–water partition coefficient (Wildman–Crippen LogP) is -0.981. The summed E-state index contributed by atoms with van der Waals surface area (Å²) in [5.41, 5.74) is 10.2. The number of hydrogen-bond acceptors (Lipinski definition) is 3. The van der Waals surface area contributed by atoms with E-state index in [0.29, 0.717) is 19.4 Å². The Balaban J connectivity index is 3.81. The molecule has 0 bridgehead atoms. The highest BCUT2D eigenvalue weighted by Crippen LogP contribution is 1.95. The normalized spacial score (nSPS) is 11.6. The van der Waals surface area contributed by atoms with E-state index in [2.05, 4.69) is 10.3 Å². The molecule has 0 heterocycles. The Hall–Kier alpha value is -1.79. The molecule has 6 N–H and O–H groups in total. The maximum atomic E-state index is 11.3. The summed E-state index contributed by atoms with van der Waals surface area (Å²) in [6.07, 6.45) is 1.05. The molecule has 0 aliphatic carbocycles. The van der Waals surface area contributed by atoms with Crippen LogP contribution in [0.15, 0.2) is 4.99 Å². The second-order valence-corrected chi connectivity index (χ2v) is 3.28. The summed E-state index contributed by atoms with van der Waals surface area (Å²) >= 11 is 0. The predicted molar refractivity (Wildman–Crippen MR) is 59.8 cm³/mol. The van der Waals surface area contributed by atoms with Crippen molar-refractivity contribution in [1.82, 2.24) is 5.32 Å². The van der Waals surface area contributed by atoms with Crippen LogP contribution in [-0.2, 0) is 9.59 Å². The van der Waals surface area contributed by atoms with Crippen LogP contribution in [0, 0.1) is 0 Å². The van der Waals surface area contributed by atoms with Crippen LogP contribution < -0.4 is 16.8 Å². The lowest BCUT2D eigenvalue weighted by atomic mass is 10.2. The molecule has 0 aliphatic rings. The van der Waals surface area contributed by atoms with Gasteiger partial charge in [0.15, 0.2) is 5.96 Å². The molecule has 1 unspecified atom stereocenters. The quantitative estimate of drug-likeness (QED) is 0.253. The highest BCUT2D eigenvalue weighted by molar-refractivity contribution is 5.83. The zero-order valence-electron chi connectivity index (χ0n) is 9.27. The number of hydrogen-bond donors (Lipinski definition) is 4. The van der Waals surface area contributed by atoms with Crippen LogP contribution in [0.5, 0.6) is 0 Å². The lowest BCUT2D eigenvalue weighted by molar-refractivity contribution is -0.141. The summed E-state index contributed by atoms with van der Waals surface area (Å²) < 4.78 is 0. The van der Waals surface area contributed by atoms with E-state index >= 15 is 0 Å². The zero-order chi connectivity index (χ0) is 12.6. The maximum absolute atomic E-state index is 11.3. The fraction of sp³-hybridized carbons (Fsp3) is 0.667. The standard InChI is InChI=1S/C9H18N4O3/c1-2-6(8(15)16)13-7(14)4-3-5-12-9(10)11/h6H,2-5H2,1H3,(H,13,14)(H,15,16)(H4,10,11,12). The number of rotatable bonds is 7. The average Bonchev–Trinajstić information content (AvgIpc) is 2.20. The first kappa shape index (κ1) is 14.2. The van der Waals surface area contributed by atoms with Gasteiger partial charge >= 0.3 is 5.97 Å². The van der Waals surface area contributed by atoms with Gasteiger partial charge in [0.2, 0.25) is 5.91 Å². The molecule has 0 aliphatic heterocycles. The molecule has 0 radical (unpaired) electrons. The van der Waals surface area contributed by atoms with Crippen molar-refractivity contribution in [2.24, 2.45) is 16.5 Å². The van der Waals surface area contributed by atoms with Crippen LogP contribution in [0.25, 0.3) is 0 Å². The molecule has 0 spiro atoms. The second kappa shape index (κ2) is 7.49. The first-order valence-corrected chi connectivity index (χ1v) is 5.05. The lowest BCUT2D eigenvalue weighted by Gasteiger charge is -2.11. The Bertz CT molecular complexity index is 274.